The van der Waals surface area contributed by atoms with E-state index in [9.17, 15) is 18.3 Å². The van der Waals surface area contributed by atoms with Crippen molar-refractivity contribution in [1.82, 2.24) is 4.31 Å². The first kappa shape index (κ1) is 19.3. The van der Waals surface area contributed by atoms with E-state index in [0.717, 1.165) is 19.3 Å². The molecule has 0 aromatic heterocycles. The number of carboxylic acids is 1. The van der Waals surface area contributed by atoms with Crippen LogP contribution in [0.15, 0.2) is 29.2 Å². The summed E-state index contributed by atoms with van der Waals surface area (Å²) in [6.45, 7) is 2.19. The van der Waals surface area contributed by atoms with Crippen molar-refractivity contribution in [3.05, 3.63) is 29.8 Å². The average Bonchev–Trinajstić information content (AvgIpc) is 2.67. The Morgan fingerprint density at radius 1 is 1.12 bits per heavy atom. The Balaban J connectivity index is 1.74. The zero-order valence-electron chi connectivity index (χ0n) is 14.7. The average molecular weight is 383 g/mol. The second-order valence-corrected chi connectivity index (χ2v) is 8.64. The molecule has 0 radical (unpaired) electrons. The van der Waals surface area contributed by atoms with Crippen LogP contribution in [0.2, 0.25) is 0 Å². The highest BCUT2D eigenvalue weighted by Gasteiger charge is 2.29. The molecule has 0 amide bonds. The zero-order valence-corrected chi connectivity index (χ0v) is 15.5. The van der Waals surface area contributed by atoms with E-state index in [4.69, 9.17) is 9.47 Å². The number of carboxylic acid groups (broad SMARTS) is 1. The lowest BCUT2D eigenvalue weighted by molar-refractivity contribution is -0.158. The largest absolute Gasteiger partial charge is 0.479 e. The van der Waals surface area contributed by atoms with Crippen LogP contribution in [0.25, 0.3) is 0 Å². The summed E-state index contributed by atoms with van der Waals surface area (Å²) in [5, 5.41) is 9.51. The second-order valence-electron chi connectivity index (χ2n) is 6.70. The van der Waals surface area contributed by atoms with E-state index < -0.39 is 22.1 Å². The molecule has 26 heavy (non-hydrogen) atoms. The molecule has 0 bridgehead atoms. The summed E-state index contributed by atoms with van der Waals surface area (Å²) in [6, 6.07) is 6.02. The summed E-state index contributed by atoms with van der Waals surface area (Å²) < 4.78 is 37.9. The molecule has 2 saturated heterocycles. The number of benzene rings is 1. The van der Waals surface area contributed by atoms with E-state index in [0.29, 0.717) is 44.7 Å². The van der Waals surface area contributed by atoms with Gasteiger partial charge in [0, 0.05) is 26.3 Å². The van der Waals surface area contributed by atoms with Gasteiger partial charge in [0.05, 0.1) is 11.0 Å². The molecule has 144 valence electrons. The summed E-state index contributed by atoms with van der Waals surface area (Å²) in [4.78, 5) is 11.8. The number of carbonyl (C=O) groups is 1. The Morgan fingerprint density at radius 2 is 1.73 bits per heavy atom. The highest BCUT2D eigenvalue weighted by Crippen LogP contribution is 2.26. The third-order valence-electron chi connectivity index (χ3n) is 4.86. The van der Waals surface area contributed by atoms with Gasteiger partial charge in [0.1, 0.15) is 0 Å². The maximum Gasteiger partial charge on any atom is 0.337 e. The Kier molecular flexibility index (Phi) is 6.29. The molecule has 1 aromatic carbocycles. The number of nitrogens with zero attached hydrogens (tertiary/aromatic N) is 1. The van der Waals surface area contributed by atoms with E-state index in [2.05, 4.69) is 0 Å². The summed E-state index contributed by atoms with van der Waals surface area (Å²) in [7, 11) is -3.52. The fourth-order valence-corrected chi connectivity index (χ4v) is 4.87. The van der Waals surface area contributed by atoms with Crippen molar-refractivity contribution in [2.24, 2.45) is 0 Å². The van der Waals surface area contributed by atoms with Crippen LogP contribution in [0, 0.1) is 0 Å². The molecule has 3 rings (SSSR count). The third kappa shape index (κ3) is 4.43. The van der Waals surface area contributed by atoms with Crippen molar-refractivity contribution in [3.63, 3.8) is 0 Å². The molecule has 1 atom stereocenters. The molecule has 2 fully saturated rings. The fraction of sp³-hybridized carbons (Fsp3) is 0.611. The van der Waals surface area contributed by atoms with Crippen LogP contribution >= 0.6 is 0 Å². The SMILES string of the molecule is O=C(O)C(OC1CCOCC1)c1ccc(S(=O)(=O)N2CCCCC2)cc1. The van der Waals surface area contributed by atoms with Gasteiger partial charge in [-0.05, 0) is 43.4 Å². The molecule has 8 heteroatoms. The standard InChI is InChI=1S/C18H25NO6S/c20-18(21)17(25-15-8-12-24-13-9-15)14-4-6-16(7-5-14)26(22,23)19-10-2-1-3-11-19/h4-7,15,17H,1-3,8-13H2,(H,20,21). The van der Waals surface area contributed by atoms with Crippen LogP contribution in [0.1, 0.15) is 43.8 Å². The maximum atomic E-state index is 12.7. The number of aliphatic carboxylic acids is 1. The number of hydrogen-bond donors (Lipinski definition) is 1. The molecule has 2 aliphatic heterocycles. The summed E-state index contributed by atoms with van der Waals surface area (Å²) in [6.07, 6.45) is 2.84. The van der Waals surface area contributed by atoms with Gasteiger partial charge in [-0.25, -0.2) is 13.2 Å². The first-order valence-electron chi connectivity index (χ1n) is 9.04. The monoisotopic (exact) mass is 383 g/mol. The molecule has 7 nitrogen and oxygen atoms in total. The van der Waals surface area contributed by atoms with Crippen molar-refractivity contribution in [2.75, 3.05) is 26.3 Å². The summed E-state index contributed by atoms with van der Waals surface area (Å²) in [5.74, 6) is -1.08. The number of piperidine rings is 1. The number of sulfonamides is 1. The highest BCUT2D eigenvalue weighted by atomic mass is 32.2. The molecule has 0 spiro atoms. The molecular formula is C18H25NO6S. The quantitative estimate of drug-likeness (QED) is 0.809. The number of ether oxygens (including phenoxy) is 2. The lowest BCUT2D eigenvalue weighted by Crippen LogP contribution is -2.35. The molecule has 1 aromatic rings. The van der Waals surface area contributed by atoms with Gasteiger partial charge < -0.3 is 14.6 Å². The van der Waals surface area contributed by atoms with Crippen molar-refractivity contribution in [2.45, 2.75) is 49.2 Å². The van der Waals surface area contributed by atoms with Crippen LogP contribution < -0.4 is 0 Å². The predicted octanol–water partition coefficient (Wildman–Crippen LogP) is 2.18. The van der Waals surface area contributed by atoms with Crippen molar-refractivity contribution >= 4 is 16.0 Å². The molecule has 2 heterocycles. The fourth-order valence-electron chi connectivity index (χ4n) is 3.35. The van der Waals surface area contributed by atoms with Crippen LogP contribution in [0.4, 0.5) is 0 Å². The lowest BCUT2D eigenvalue weighted by Gasteiger charge is -2.27. The number of hydrogen-bond acceptors (Lipinski definition) is 5. The smallest absolute Gasteiger partial charge is 0.337 e. The normalized spacial score (nSPS) is 21.4. The van der Waals surface area contributed by atoms with E-state index in [1.807, 2.05) is 0 Å². The first-order valence-corrected chi connectivity index (χ1v) is 10.5. The summed E-state index contributed by atoms with van der Waals surface area (Å²) in [5.41, 5.74) is 0.446. The van der Waals surface area contributed by atoms with E-state index in [-0.39, 0.29) is 11.0 Å². The van der Waals surface area contributed by atoms with Crippen LogP contribution in [-0.4, -0.2) is 56.2 Å². The van der Waals surface area contributed by atoms with Crippen LogP contribution in [-0.2, 0) is 24.3 Å². The Labute approximate surface area is 154 Å². The van der Waals surface area contributed by atoms with Crippen molar-refractivity contribution < 1.29 is 27.8 Å². The van der Waals surface area contributed by atoms with E-state index in [1.165, 1.54) is 28.6 Å². The Morgan fingerprint density at radius 3 is 2.31 bits per heavy atom. The maximum absolute atomic E-state index is 12.7. The molecule has 2 aliphatic rings. The Bertz CT molecular complexity index is 706. The lowest BCUT2D eigenvalue weighted by atomic mass is 10.1. The van der Waals surface area contributed by atoms with Crippen LogP contribution in [0.5, 0.6) is 0 Å². The minimum absolute atomic E-state index is 0.165. The second kappa shape index (κ2) is 8.47. The number of rotatable bonds is 6. The molecular weight excluding hydrogens is 358 g/mol. The minimum Gasteiger partial charge on any atom is -0.479 e. The predicted molar refractivity (Wildman–Crippen MR) is 94.4 cm³/mol. The molecule has 0 aliphatic carbocycles. The summed E-state index contributed by atoms with van der Waals surface area (Å²) >= 11 is 0. The highest BCUT2D eigenvalue weighted by molar-refractivity contribution is 7.89. The van der Waals surface area contributed by atoms with Crippen LogP contribution in [0.3, 0.4) is 0 Å². The molecule has 1 N–H and O–H groups in total. The first-order chi connectivity index (χ1) is 12.5. The topological polar surface area (TPSA) is 93.1 Å². The minimum atomic E-state index is -3.52. The van der Waals surface area contributed by atoms with Crippen molar-refractivity contribution in [3.8, 4) is 0 Å². The zero-order chi connectivity index (χ0) is 18.6. The van der Waals surface area contributed by atoms with E-state index >= 15 is 0 Å². The molecule has 0 saturated carbocycles. The van der Waals surface area contributed by atoms with Gasteiger partial charge in [0.15, 0.2) is 6.10 Å². The molecule has 1 unspecified atom stereocenters. The third-order valence-corrected chi connectivity index (χ3v) is 6.77. The van der Waals surface area contributed by atoms with Gasteiger partial charge in [-0.3, -0.25) is 0 Å². The Hall–Kier alpha value is -1.48. The van der Waals surface area contributed by atoms with Gasteiger partial charge in [0.25, 0.3) is 0 Å². The van der Waals surface area contributed by atoms with Gasteiger partial charge >= 0.3 is 5.97 Å². The van der Waals surface area contributed by atoms with Gasteiger partial charge in [-0.15, -0.1) is 0 Å². The van der Waals surface area contributed by atoms with Gasteiger partial charge in [0.2, 0.25) is 10.0 Å². The van der Waals surface area contributed by atoms with E-state index in [1.54, 1.807) is 0 Å². The van der Waals surface area contributed by atoms with Crippen molar-refractivity contribution in [1.29, 1.82) is 0 Å². The van der Waals surface area contributed by atoms with Gasteiger partial charge in [-0.1, -0.05) is 18.6 Å². The van der Waals surface area contributed by atoms with Gasteiger partial charge in [-0.2, -0.15) is 4.31 Å².